The molecule has 2 saturated heterocycles. The summed E-state index contributed by atoms with van der Waals surface area (Å²) in [6.45, 7) is 14.3. The van der Waals surface area contributed by atoms with Crippen LogP contribution in [0.5, 0.6) is 0 Å². The zero-order chi connectivity index (χ0) is 18.5. The van der Waals surface area contributed by atoms with E-state index in [0.717, 1.165) is 70.8 Å². The van der Waals surface area contributed by atoms with Gasteiger partial charge in [-0.2, -0.15) is 0 Å². The molecule has 0 saturated carbocycles. The van der Waals surface area contributed by atoms with E-state index < -0.39 is 0 Å². The summed E-state index contributed by atoms with van der Waals surface area (Å²) in [7, 11) is 0. The lowest BCUT2D eigenvalue weighted by Gasteiger charge is -2.30. The first kappa shape index (κ1) is 21.5. The molecule has 2 heterocycles. The molecule has 2 fully saturated rings. The Bertz CT molecular complexity index is 378. The number of aliphatic imine (C=N–C) groups is 1. The highest BCUT2D eigenvalue weighted by Gasteiger charge is 2.15. The van der Waals surface area contributed by atoms with E-state index in [0.29, 0.717) is 5.92 Å². The predicted molar refractivity (Wildman–Crippen MR) is 108 cm³/mol. The summed E-state index contributed by atoms with van der Waals surface area (Å²) in [4.78, 5) is 7.25. The molecule has 0 aromatic rings. The lowest BCUT2D eigenvalue weighted by Crippen LogP contribution is -2.39. The average Bonchev–Trinajstić information content (AvgIpc) is 3.16. The number of rotatable bonds is 11. The molecule has 0 radical (unpaired) electrons. The van der Waals surface area contributed by atoms with E-state index in [2.05, 4.69) is 34.4 Å². The monoisotopic (exact) mass is 368 g/mol. The molecule has 2 rings (SSSR count). The molecule has 6 nitrogen and oxygen atoms in total. The van der Waals surface area contributed by atoms with Crippen molar-refractivity contribution in [2.24, 2.45) is 16.8 Å². The van der Waals surface area contributed by atoms with Crippen LogP contribution in [0.25, 0.3) is 0 Å². The molecule has 0 aromatic carbocycles. The lowest BCUT2D eigenvalue weighted by molar-refractivity contribution is 0.0893. The van der Waals surface area contributed by atoms with E-state index in [1.54, 1.807) is 0 Å². The third-order valence-electron chi connectivity index (χ3n) is 5.26. The number of guanidine groups is 1. The Morgan fingerprint density at radius 1 is 1.19 bits per heavy atom. The van der Waals surface area contributed by atoms with Crippen molar-refractivity contribution in [1.29, 1.82) is 0 Å². The molecule has 0 amide bonds. The van der Waals surface area contributed by atoms with Crippen LogP contribution in [0, 0.1) is 11.8 Å². The Balaban J connectivity index is 1.49. The number of nitrogens with zero attached hydrogens (tertiary/aromatic N) is 2. The van der Waals surface area contributed by atoms with Crippen LogP contribution in [-0.2, 0) is 9.47 Å². The van der Waals surface area contributed by atoms with E-state index in [9.17, 15) is 0 Å². The molecule has 0 aliphatic carbocycles. The summed E-state index contributed by atoms with van der Waals surface area (Å²) in [6, 6.07) is 0. The van der Waals surface area contributed by atoms with E-state index >= 15 is 0 Å². The van der Waals surface area contributed by atoms with E-state index in [1.165, 1.54) is 38.9 Å². The second-order valence-electron chi connectivity index (χ2n) is 7.72. The van der Waals surface area contributed by atoms with Gasteiger partial charge in [-0.05, 0) is 64.6 Å². The van der Waals surface area contributed by atoms with Crippen LogP contribution in [0.1, 0.15) is 46.0 Å². The maximum absolute atomic E-state index is 5.74. The minimum Gasteiger partial charge on any atom is -0.381 e. The first-order chi connectivity index (χ1) is 12.8. The molecule has 26 heavy (non-hydrogen) atoms. The molecular weight excluding hydrogens is 328 g/mol. The van der Waals surface area contributed by atoms with Crippen LogP contribution in [0.15, 0.2) is 4.99 Å². The molecule has 2 aliphatic rings. The quantitative estimate of drug-likeness (QED) is 0.332. The van der Waals surface area contributed by atoms with Crippen molar-refractivity contribution >= 4 is 5.96 Å². The average molecular weight is 369 g/mol. The molecule has 2 N–H and O–H groups in total. The molecular formula is C20H40N4O2. The van der Waals surface area contributed by atoms with Crippen molar-refractivity contribution < 1.29 is 9.47 Å². The van der Waals surface area contributed by atoms with E-state index in [4.69, 9.17) is 9.47 Å². The van der Waals surface area contributed by atoms with E-state index in [1.807, 2.05) is 0 Å². The minimum atomic E-state index is 0.598. The second kappa shape index (κ2) is 13.3. The Morgan fingerprint density at radius 3 is 2.77 bits per heavy atom. The maximum Gasteiger partial charge on any atom is 0.191 e. The standard InChI is InChI=1S/C20H40N4O2/c1-3-21-20(22-9-4-11-24-12-6-18(2)7-13-24)23-10-5-14-25-16-19-8-15-26-17-19/h18-19H,3-17H2,1-2H3,(H2,21,22,23). The fourth-order valence-corrected chi connectivity index (χ4v) is 3.46. The topological polar surface area (TPSA) is 58.1 Å². The Labute approximate surface area is 160 Å². The largest absolute Gasteiger partial charge is 0.381 e. The van der Waals surface area contributed by atoms with Crippen LogP contribution < -0.4 is 10.6 Å². The van der Waals surface area contributed by atoms with Gasteiger partial charge < -0.3 is 25.0 Å². The maximum atomic E-state index is 5.74. The molecule has 0 bridgehead atoms. The number of ether oxygens (including phenoxy) is 2. The smallest absolute Gasteiger partial charge is 0.191 e. The highest BCUT2D eigenvalue weighted by molar-refractivity contribution is 5.79. The third kappa shape index (κ3) is 9.19. The van der Waals surface area contributed by atoms with Gasteiger partial charge in [-0.15, -0.1) is 0 Å². The number of hydrogen-bond acceptors (Lipinski definition) is 4. The Morgan fingerprint density at radius 2 is 2.04 bits per heavy atom. The van der Waals surface area contributed by atoms with Gasteiger partial charge >= 0.3 is 0 Å². The van der Waals surface area contributed by atoms with Crippen LogP contribution in [0.4, 0.5) is 0 Å². The van der Waals surface area contributed by atoms with Crippen molar-refractivity contribution in [2.75, 3.05) is 65.7 Å². The molecule has 0 aromatic heterocycles. The summed E-state index contributed by atoms with van der Waals surface area (Å²) in [5.41, 5.74) is 0. The molecule has 152 valence electrons. The van der Waals surface area contributed by atoms with Gasteiger partial charge in [-0.1, -0.05) is 6.92 Å². The first-order valence-electron chi connectivity index (χ1n) is 10.7. The van der Waals surface area contributed by atoms with Crippen molar-refractivity contribution in [3.8, 4) is 0 Å². The van der Waals surface area contributed by atoms with Gasteiger partial charge in [0.2, 0.25) is 0 Å². The van der Waals surface area contributed by atoms with Crippen molar-refractivity contribution in [1.82, 2.24) is 15.5 Å². The number of piperidine rings is 1. The summed E-state index contributed by atoms with van der Waals surface area (Å²) in [5.74, 6) is 2.44. The molecule has 0 spiro atoms. The minimum absolute atomic E-state index is 0.598. The van der Waals surface area contributed by atoms with Crippen LogP contribution >= 0.6 is 0 Å². The Hall–Kier alpha value is -0.850. The van der Waals surface area contributed by atoms with Crippen LogP contribution in [-0.4, -0.2) is 76.6 Å². The zero-order valence-corrected chi connectivity index (χ0v) is 17.0. The van der Waals surface area contributed by atoms with Gasteiger partial charge in [0.15, 0.2) is 5.96 Å². The normalized spacial score (nSPS) is 22.7. The van der Waals surface area contributed by atoms with Gasteiger partial charge in [-0.25, -0.2) is 0 Å². The molecule has 1 unspecified atom stereocenters. The van der Waals surface area contributed by atoms with Crippen LogP contribution in [0.3, 0.4) is 0 Å². The van der Waals surface area contributed by atoms with Gasteiger partial charge in [0.1, 0.15) is 0 Å². The molecule has 6 heteroatoms. The summed E-state index contributed by atoms with van der Waals surface area (Å²) < 4.78 is 11.1. The summed E-state index contributed by atoms with van der Waals surface area (Å²) >= 11 is 0. The van der Waals surface area contributed by atoms with E-state index in [-0.39, 0.29) is 0 Å². The summed E-state index contributed by atoms with van der Waals surface area (Å²) in [5, 5.41) is 6.79. The number of likely N-dealkylation sites (tertiary alicyclic amines) is 1. The SMILES string of the molecule is CCNC(=NCCCOCC1CCOC1)NCCCN1CCC(C)CC1. The van der Waals surface area contributed by atoms with Gasteiger partial charge in [0.05, 0.1) is 13.2 Å². The predicted octanol–water partition coefficient (Wildman–Crippen LogP) is 2.11. The van der Waals surface area contributed by atoms with Crippen LogP contribution in [0.2, 0.25) is 0 Å². The van der Waals surface area contributed by atoms with Gasteiger partial charge in [0, 0.05) is 38.8 Å². The van der Waals surface area contributed by atoms with Gasteiger partial charge in [0.25, 0.3) is 0 Å². The molecule has 2 aliphatic heterocycles. The number of hydrogen-bond donors (Lipinski definition) is 2. The van der Waals surface area contributed by atoms with Crippen molar-refractivity contribution in [3.05, 3.63) is 0 Å². The molecule has 1 atom stereocenters. The zero-order valence-electron chi connectivity index (χ0n) is 17.0. The summed E-state index contributed by atoms with van der Waals surface area (Å²) in [6.07, 6.45) is 5.99. The lowest BCUT2D eigenvalue weighted by atomic mass is 9.99. The third-order valence-corrected chi connectivity index (χ3v) is 5.26. The fraction of sp³-hybridized carbons (Fsp3) is 0.950. The highest BCUT2D eigenvalue weighted by Crippen LogP contribution is 2.15. The Kier molecular flexibility index (Phi) is 11.0. The van der Waals surface area contributed by atoms with Gasteiger partial charge in [-0.3, -0.25) is 4.99 Å². The van der Waals surface area contributed by atoms with Crippen molar-refractivity contribution in [2.45, 2.75) is 46.0 Å². The highest BCUT2D eigenvalue weighted by atomic mass is 16.5. The van der Waals surface area contributed by atoms with Crippen molar-refractivity contribution in [3.63, 3.8) is 0 Å². The number of nitrogens with one attached hydrogen (secondary N) is 2. The first-order valence-corrected chi connectivity index (χ1v) is 10.7. The fourth-order valence-electron chi connectivity index (χ4n) is 3.46. The second-order valence-corrected chi connectivity index (χ2v) is 7.72.